The van der Waals surface area contributed by atoms with Gasteiger partial charge in [-0.15, -0.1) is 0 Å². The van der Waals surface area contributed by atoms with Gasteiger partial charge in [0.05, 0.1) is 11.3 Å². The Morgan fingerprint density at radius 2 is 1.75 bits per heavy atom. The number of aromatic hydroxyl groups is 1. The molecule has 1 amide bonds. The Morgan fingerprint density at radius 3 is 2.43 bits per heavy atom. The minimum Gasteiger partial charge on any atom is -0.508 e. The van der Waals surface area contributed by atoms with E-state index in [1.165, 1.54) is 12.1 Å². The smallest absolute Gasteiger partial charge is 0.243 e. The second-order valence-corrected chi connectivity index (χ2v) is 9.06. The summed E-state index contributed by atoms with van der Waals surface area (Å²) in [5, 5.41) is 12.6. The molecule has 0 radical (unpaired) electrons. The van der Waals surface area contributed by atoms with Crippen LogP contribution in [0.15, 0.2) is 47.4 Å². The van der Waals surface area contributed by atoms with E-state index in [0.29, 0.717) is 29.9 Å². The lowest BCUT2D eigenvalue weighted by Gasteiger charge is -2.21. The molecule has 0 aliphatic carbocycles. The molecule has 1 aliphatic rings. The number of amides is 1. The van der Waals surface area contributed by atoms with Crippen molar-refractivity contribution in [3.8, 4) is 5.75 Å². The molecule has 0 atom stereocenters. The maximum atomic E-state index is 13.1. The summed E-state index contributed by atoms with van der Waals surface area (Å²) in [5.74, 6) is -0.255. The SMILES string of the molecule is Cc1ccc(NC(=O)Cc2ccccc2O)cc1S(=O)(=O)N1CCCCCC1. The van der Waals surface area contributed by atoms with Crippen molar-refractivity contribution in [2.24, 2.45) is 0 Å². The third-order valence-corrected chi connectivity index (χ3v) is 7.04. The maximum absolute atomic E-state index is 13.1. The number of sulfonamides is 1. The van der Waals surface area contributed by atoms with E-state index in [1.807, 2.05) is 0 Å². The van der Waals surface area contributed by atoms with E-state index in [1.54, 1.807) is 41.6 Å². The summed E-state index contributed by atoms with van der Waals surface area (Å²) in [6.45, 7) is 2.83. The zero-order chi connectivity index (χ0) is 20.1. The Balaban J connectivity index is 1.79. The van der Waals surface area contributed by atoms with Crippen molar-refractivity contribution in [3.05, 3.63) is 53.6 Å². The number of nitrogens with one attached hydrogen (secondary N) is 1. The standard InChI is InChI=1S/C21H26N2O4S/c1-16-10-11-18(22-21(25)14-17-8-4-5-9-19(17)24)15-20(16)28(26,27)23-12-6-2-3-7-13-23/h4-5,8-11,15,24H,2-3,6-7,12-14H2,1H3,(H,22,25). The van der Waals surface area contributed by atoms with Crippen LogP contribution in [0, 0.1) is 6.92 Å². The molecule has 2 aromatic carbocycles. The van der Waals surface area contributed by atoms with Gasteiger partial charge in [-0.25, -0.2) is 8.42 Å². The lowest BCUT2D eigenvalue weighted by Crippen LogP contribution is -2.32. The van der Waals surface area contributed by atoms with Crippen LogP contribution in [0.5, 0.6) is 5.75 Å². The summed E-state index contributed by atoms with van der Waals surface area (Å²) >= 11 is 0. The molecule has 7 heteroatoms. The number of carbonyl (C=O) groups excluding carboxylic acids is 1. The third kappa shape index (κ3) is 4.72. The van der Waals surface area contributed by atoms with Crippen LogP contribution in [0.25, 0.3) is 0 Å². The largest absolute Gasteiger partial charge is 0.508 e. The highest BCUT2D eigenvalue weighted by Crippen LogP contribution is 2.26. The topological polar surface area (TPSA) is 86.7 Å². The van der Waals surface area contributed by atoms with Gasteiger partial charge in [-0.2, -0.15) is 4.31 Å². The predicted octanol–water partition coefficient (Wildman–Crippen LogP) is 3.45. The fraction of sp³-hybridized carbons (Fsp3) is 0.381. The fourth-order valence-corrected chi connectivity index (χ4v) is 5.18. The predicted molar refractivity (Wildman–Crippen MR) is 109 cm³/mol. The van der Waals surface area contributed by atoms with Gasteiger partial charge in [0.2, 0.25) is 15.9 Å². The van der Waals surface area contributed by atoms with Gasteiger partial charge in [-0.1, -0.05) is 37.1 Å². The number of hydrogen-bond donors (Lipinski definition) is 2. The van der Waals surface area contributed by atoms with E-state index in [9.17, 15) is 18.3 Å². The molecule has 0 saturated carbocycles. The normalized spacial score (nSPS) is 15.8. The number of nitrogens with zero attached hydrogens (tertiary/aromatic N) is 1. The molecule has 1 aliphatic heterocycles. The van der Waals surface area contributed by atoms with Crippen LogP contribution in [0.1, 0.15) is 36.8 Å². The average molecular weight is 403 g/mol. The number of anilines is 1. The van der Waals surface area contributed by atoms with Crippen molar-refractivity contribution in [2.75, 3.05) is 18.4 Å². The highest BCUT2D eigenvalue weighted by atomic mass is 32.2. The molecule has 2 aromatic rings. The van der Waals surface area contributed by atoms with Gasteiger partial charge in [0.1, 0.15) is 5.75 Å². The number of para-hydroxylation sites is 1. The molecular formula is C21H26N2O4S. The van der Waals surface area contributed by atoms with Gasteiger partial charge in [-0.05, 0) is 43.5 Å². The van der Waals surface area contributed by atoms with Gasteiger partial charge in [0.25, 0.3) is 0 Å². The summed E-state index contributed by atoms with van der Waals surface area (Å²) in [5.41, 5.74) is 1.60. The molecule has 150 valence electrons. The fourth-order valence-electron chi connectivity index (χ4n) is 3.42. The lowest BCUT2D eigenvalue weighted by molar-refractivity contribution is -0.115. The van der Waals surface area contributed by atoms with E-state index in [0.717, 1.165) is 25.7 Å². The summed E-state index contributed by atoms with van der Waals surface area (Å²) in [6.07, 6.45) is 3.85. The molecule has 0 spiro atoms. The number of phenols is 1. The van der Waals surface area contributed by atoms with Crippen molar-refractivity contribution in [1.82, 2.24) is 4.31 Å². The van der Waals surface area contributed by atoms with Crippen molar-refractivity contribution >= 4 is 21.6 Å². The maximum Gasteiger partial charge on any atom is 0.243 e. The van der Waals surface area contributed by atoms with E-state index in [4.69, 9.17) is 0 Å². The number of hydrogen-bond acceptors (Lipinski definition) is 4. The number of rotatable bonds is 5. The highest BCUT2D eigenvalue weighted by molar-refractivity contribution is 7.89. The Morgan fingerprint density at radius 1 is 1.07 bits per heavy atom. The minimum absolute atomic E-state index is 0.00869. The first kappa shape index (κ1) is 20.4. The quantitative estimate of drug-likeness (QED) is 0.802. The number of phenolic OH excluding ortho intramolecular Hbond substituents is 1. The van der Waals surface area contributed by atoms with E-state index in [-0.39, 0.29) is 23.0 Å². The Kier molecular flexibility index (Phi) is 6.36. The summed E-state index contributed by atoms with van der Waals surface area (Å²) in [6, 6.07) is 11.6. The molecule has 28 heavy (non-hydrogen) atoms. The van der Waals surface area contributed by atoms with Crippen molar-refractivity contribution < 1.29 is 18.3 Å². The van der Waals surface area contributed by atoms with Crippen molar-refractivity contribution in [3.63, 3.8) is 0 Å². The average Bonchev–Trinajstić information content (AvgIpc) is 2.95. The molecule has 3 rings (SSSR count). The molecule has 2 N–H and O–H groups in total. The van der Waals surface area contributed by atoms with Crippen LogP contribution < -0.4 is 5.32 Å². The molecular weight excluding hydrogens is 376 g/mol. The van der Waals surface area contributed by atoms with Gasteiger partial charge in [0, 0.05) is 24.3 Å². The van der Waals surface area contributed by atoms with Gasteiger partial charge >= 0.3 is 0 Å². The monoisotopic (exact) mass is 402 g/mol. The van der Waals surface area contributed by atoms with E-state index in [2.05, 4.69) is 5.32 Å². The second-order valence-electron chi connectivity index (χ2n) is 7.15. The molecule has 0 bridgehead atoms. The van der Waals surface area contributed by atoms with Crippen LogP contribution in [0.3, 0.4) is 0 Å². The third-order valence-electron chi connectivity index (χ3n) is 5.00. The zero-order valence-corrected chi connectivity index (χ0v) is 16.8. The lowest BCUT2D eigenvalue weighted by atomic mass is 10.1. The zero-order valence-electron chi connectivity index (χ0n) is 16.0. The second kappa shape index (κ2) is 8.75. The Bertz CT molecular complexity index is 949. The summed E-state index contributed by atoms with van der Waals surface area (Å²) < 4.78 is 27.8. The van der Waals surface area contributed by atoms with Crippen molar-refractivity contribution in [2.45, 2.75) is 43.9 Å². The first-order valence-corrected chi connectivity index (χ1v) is 11.0. The van der Waals surface area contributed by atoms with Crippen LogP contribution in [0.4, 0.5) is 5.69 Å². The Hall–Kier alpha value is -2.38. The molecule has 1 heterocycles. The number of benzene rings is 2. The first-order valence-electron chi connectivity index (χ1n) is 9.55. The molecule has 0 aromatic heterocycles. The summed E-state index contributed by atoms with van der Waals surface area (Å²) in [4.78, 5) is 12.6. The van der Waals surface area contributed by atoms with Gasteiger partial charge in [-0.3, -0.25) is 4.79 Å². The molecule has 6 nitrogen and oxygen atoms in total. The van der Waals surface area contributed by atoms with Crippen LogP contribution in [-0.2, 0) is 21.2 Å². The van der Waals surface area contributed by atoms with Crippen LogP contribution in [-0.4, -0.2) is 36.8 Å². The molecule has 0 unspecified atom stereocenters. The molecule has 1 saturated heterocycles. The van der Waals surface area contributed by atoms with E-state index < -0.39 is 10.0 Å². The summed E-state index contributed by atoms with van der Waals surface area (Å²) in [7, 11) is -3.60. The Labute approximate surface area is 166 Å². The van der Waals surface area contributed by atoms with Crippen LogP contribution >= 0.6 is 0 Å². The van der Waals surface area contributed by atoms with Crippen LogP contribution in [0.2, 0.25) is 0 Å². The van der Waals surface area contributed by atoms with E-state index >= 15 is 0 Å². The minimum atomic E-state index is -3.60. The molecule has 1 fully saturated rings. The van der Waals surface area contributed by atoms with Gasteiger partial charge < -0.3 is 10.4 Å². The number of carbonyl (C=O) groups is 1. The van der Waals surface area contributed by atoms with Crippen molar-refractivity contribution in [1.29, 1.82) is 0 Å². The highest BCUT2D eigenvalue weighted by Gasteiger charge is 2.27. The first-order chi connectivity index (χ1) is 13.4. The van der Waals surface area contributed by atoms with Gasteiger partial charge in [0.15, 0.2) is 0 Å². The number of aryl methyl sites for hydroxylation is 1.